The highest BCUT2D eigenvalue weighted by atomic mass is 35.5. The van der Waals surface area contributed by atoms with Crippen molar-refractivity contribution in [2.75, 3.05) is 6.61 Å². The Hall–Kier alpha value is -4.03. The highest BCUT2D eigenvalue weighted by Crippen LogP contribution is 2.37. The molecule has 7 heteroatoms. The van der Waals surface area contributed by atoms with E-state index >= 15 is 0 Å². The summed E-state index contributed by atoms with van der Waals surface area (Å²) in [4.78, 5) is 30.9. The summed E-state index contributed by atoms with van der Waals surface area (Å²) in [6.45, 7) is 1.46. The molecule has 192 valence electrons. The molecule has 1 heterocycles. The summed E-state index contributed by atoms with van der Waals surface area (Å²) in [6.07, 6.45) is 3.74. The number of para-hydroxylation sites is 1. The molecule has 1 amide bonds. The van der Waals surface area contributed by atoms with Crippen molar-refractivity contribution >= 4 is 46.0 Å². The summed E-state index contributed by atoms with van der Waals surface area (Å²) in [5, 5.41) is 3.82. The van der Waals surface area contributed by atoms with Gasteiger partial charge in [0.2, 0.25) is 0 Å². The van der Waals surface area contributed by atoms with Gasteiger partial charge >= 0.3 is 5.97 Å². The van der Waals surface area contributed by atoms with Gasteiger partial charge in [-0.25, -0.2) is 14.2 Å². The molecule has 0 saturated heterocycles. The molecule has 4 aromatic rings. The van der Waals surface area contributed by atoms with E-state index in [2.05, 4.69) is 5.32 Å². The molecule has 1 N–H and O–H groups in total. The van der Waals surface area contributed by atoms with E-state index in [0.29, 0.717) is 45.6 Å². The van der Waals surface area contributed by atoms with Gasteiger partial charge in [0.25, 0.3) is 5.91 Å². The van der Waals surface area contributed by atoms with Crippen molar-refractivity contribution in [3.05, 3.63) is 112 Å². The van der Waals surface area contributed by atoms with Crippen LogP contribution in [0.5, 0.6) is 0 Å². The van der Waals surface area contributed by atoms with Crippen molar-refractivity contribution in [2.45, 2.75) is 32.2 Å². The van der Waals surface area contributed by atoms with E-state index in [9.17, 15) is 14.0 Å². The minimum Gasteiger partial charge on any atom is -0.452 e. The highest BCUT2D eigenvalue weighted by molar-refractivity contribution is 6.32. The number of amides is 1. The molecule has 0 fully saturated rings. The van der Waals surface area contributed by atoms with E-state index in [1.165, 1.54) is 6.07 Å². The zero-order valence-electron chi connectivity index (χ0n) is 20.8. The second-order valence-electron chi connectivity index (χ2n) is 9.27. The van der Waals surface area contributed by atoms with Crippen molar-refractivity contribution in [1.29, 1.82) is 0 Å². The molecule has 0 unspecified atom stereocenters. The van der Waals surface area contributed by atoms with Crippen molar-refractivity contribution in [1.82, 2.24) is 10.3 Å². The van der Waals surface area contributed by atoms with Crippen LogP contribution in [0.25, 0.3) is 22.6 Å². The van der Waals surface area contributed by atoms with E-state index in [0.717, 1.165) is 23.1 Å². The van der Waals surface area contributed by atoms with Crippen molar-refractivity contribution in [3.8, 4) is 0 Å². The number of nitrogens with zero attached hydrogens (tertiary/aromatic N) is 1. The number of carbonyl (C=O) groups is 2. The maximum Gasteiger partial charge on any atom is 0.339 e. The first kappa shape index (κ1) is 25.6. The fraction of sp³-hybridized carbons (Fsp3) is 0.194. The molecule has 1 atom stereocenters. The van der Waals surface area contributed by atoms with Crippen LogP contribution >= 0.6 is 11.6 Å². The normalized spacial score (nSPS) is 14.7. The van der Waals surface area contributed by atoms with E-state index in [1.54, 1.807) is 18.2 Å². The number of aromatic nitrogens is 1. The Morgan fingerprint density at radius 2 is 1.82 bits per heavy atom. The molecule has 0 aliphatic heterocycles. The predicted molar refractivity (Wildman–Crippen MR) is 147 cm³/mol. The Balaban J connectivity index is 1.45. The topological polar surface area (TPSA) is 68.3 Å². The van der Waals surface area contributed by atoms with Crippen LogP contribution in [-0.4, -0.2) is 23.5 Å². The summed E-state index contributed by atoms with van der Waals surface area (Å²) in [5.41, 5.74) is 4.41. The molecule has 0 radical (unpaired) electrons. The van der Waals surface area contributed by atoms with Crippen LogP contribution in [0.1, 0.15) is 58.5 Å². The number of benzene rings is 3. The quantitative estimate of drug-likeness (QED) is 0.275. The minimum absolute atomic E-state index is 0.227. The van der Waals surface area contributed by atoms with Gasteiger partial charge in [-0.15, -0.1) is 0 Å². The lowest BCUT2D eigenvalue weighted by Gasteiger charge is -2.22. The molecule has 1 aromatic heterocycles. The number of fused-ring (bicyclic) bond motifs is 2. The van der Waals surface area contributed by atoms with Gasteiger partial charge in [-0.1, -0.05) is 66.2 Å². The summed E-state index contributed by atoms with van der Waals surface area (Å²) in [6, 6.07) is 21.2. The minimum atomic E-state index is -0.590. The molecular weight excluding hydrogens is 503 g/mol. The van der Waals surface area contributed by atoms with Crippen molar-refractivity contribution < 1.29 is 18.7 Å². The van der Waals surface area contributed by atoms with Gasteiger partial charge in [0.1, 0.15) is 5.82 Å². The second kappa shape index (κ2) is 11.2. The summed E-state index contributed by atoms with van der Waals surface area (Å²) < 4.78 is 20.1. The van der Waals surface area contributed by atoms with Crippen LogP contribution < -0.4 is 5.32 Å². The molecule has 3 aromatic carbocycles. The molecule has 0 spiro atoms. The average molecular weight is 529 g/mol. The number of nitrogens with one attached hydrogen (secondary N) is 1. The van der Waals surface area contributed by atoms with Crippen LogP contribution in [0.2, 0.25) is 5.02 Å². The molecule has 38 heavy (non-hydrogen) atoms. The molecule has 5 rings (SSSR count). The number of rotatable bonds is 6. The number of carbonyl (C=O) groups excluding carboxylic acids is 2. The first-order valence-corrected chi connectivity index (χ1v) is 12.9. The lowest BCUT2D eigenvalue weighted by molar-refractivity contribution is -0.124. The summed E-state index contributed by atoms with van der Waals surface area (Å²) in [7, 11) is 0. The third-order valence-corrected chi connectivity index (χ3v) is 7.03. The van der Waals surface area contributed by atoms with Crippen molar-refractivity contribution in [2.24, 2.45) is 0 Å². The third-order valence-electron chi connectivity index (χ3n) is 6.70. The monoisotopic (exact) mass is 528 g/mol. The van der Waals surface area contributed by atoms with Crippen LogP contribution in [-0.2, 0) is 16.0 Å². The second-order valence-corrected chi connectivity index (χ2v) is 9.67. The number of hydrogen-bond donors (Lipinski definition) is 1. The molecule has 0 saturated carbocycles. The van der Waals surface area contributed by atoms with Crippen LogP contribution in [0.15, 0.2) is 72.8 Å². The molecule has 1 aliphatic carbocycles. The van der Waals surface area contributed by atoms with Gasteiger partial charge in [0, 0.05) is 10.9 Å². The smallest absolute Gasteiger partial charge is 0.339 e. The Labute approximate surface area is 225 Å². The zero-order chi connectivity index (χ0) is 26.6. The fourth-order valence-electron chi connectivity index (χ4n) is 4.84. The largest absolute Gasteiger partial charge is 0.452 e. The first-order chi connectivity index (χ1) is 18.4. The van der Waals surface area contributed by atoms with Gasteiger partial charge in [-0.3, -0.25) is 4.79 Å². The lowest BCUT2D eigenvalue weighted by atomic mass is 9.86. The highest BCUT2D eigenvalue weighted by Gasteiger charge is 2.27. The standard InChI is InChI=1S/C31H26ClFN2O3/c1-19(20-9-3-2-4-10-20)34-28(36)18-38-31(37)29-22-12-5-6-16-27(22)35-30-21(11-7-13-23(29)30)17-24-25(32)14-8-15-26(24)33/h2-6,8-10,12,14-17,19H,7,11,13,18H2,1H3,(H,34,36)/b21-17+/t19-/m1/s1. The number of pyridine rings is 1. The Morgan fingerprint density at radius 1 is 1.05 bits per heavy atom. The van der Waals surface area contributed by atoms with Crippen molar-refractivity contribution in [3.63, 3.8) is 0 Å². The summed E-state index contributed by atoms with van der Waals surface area (Å²) in [5.74, 6) is -1.41. The first-order valence-electron chi connectivity index (χ1n) is 12.5. The Morgan fingerprint density at radius 3 is 2.61 bits per heavy atom. The molecular formula is C31H26ClFN2O3. The number of halogens is 2. The van der Waals surface area contributed by atoms with E-state index in [4.69, 9.17) is 21.3 Å². The van der Waals surface area contributed by atoms with Gasteiger partial charge < -0.3 is 10.1 Å². The summed E-state index contributed by atoms with van der Waals surface area (Å²) >= 11 is 6.28. The number of allylic oxidation sites excluding steroid dienone is 1. The SMILES string of the molecule is C[C@@H](NC(=O)COC(=O)c1c2c(nc3ccccc13)/C(=C/c1c(F)cccc1Cl)CCC2)c1ccccc1. The maximum absolute atomic E-state index is 14.6. The maximum atomic E-state index is 14.6. The number of hydrogen-bond acceptors (Lipinski definition) is 4. The van der Waals surface area contributed by atoms with Crippen LogP contribution in [0.3, 0.4) is 0 Å². The molecule has 1 aliphatic rings. The van der Waals surface area contributed by atoms with Crippen LogP contribution in [0, 0.1) is 5.82 Å². The Bertz CT molecular complexity index is 1530. The number of ether oxygens (including phenoxy) is 1. The van der Waals surface area contributed by atoms with Gasteiger partial charge in [0.05, 0.1) is 27.8 Å². The van der Waals surface area contributed by atoms with Gasteiger partial charge in [-0.05, 0) is 67.2 Å². The predicted octanol–water partition coefficient (Wildman–Crippen LogP) is 6.94. The number of esters is 1. The zero-order valence-corrected chi connectivity index (χ0v) is 21.6. The Kier molecular flexibility index (Phi) is 7.52. The molecule has 0 bridgehead atoms. The third kappa shape index (κ3) is 5.31. The van der Waals surface area contributed by atoms with E-state index in [-0.39, 0.29) is 6.04 Å². The van der Waals surface area contributed by atoms with E-state index in [1.807, 2.05) is 61.5 Å². The fourth-order valence-corrected chi connectivity index (χ4v) is 5.06. The van der Waals surface area contributed by atoms with Crippen LogP contribution in [0.4, 0.5) is 4.39 Å². The van der Waals surface area contributed by atoms with E-state index < -0.39 is 24.3 Å². The van der Waals surface area contributed by atoms with Gasteiger partial charge in [-0.2, -0.15) is 0 Å². The van der Waals surface area contributed by atoms with Gasteiger partial charge in [0.15, 0.2) is 6.61 Å². The molecule has 5 nitrogen and oxygen atoms in total. The average Bonchev–Trinajstić information content (AvgIpc) is 2.93. The lowest BCUT2D eigenvalue weighted by Crippen LogP contribution is -2.31.